The van der Waals surface area contributed by atoms with E-state index in [2.05, 4.69) is 10.6 Å². The molecule has 1 heterocycles. The number of urea groups is 1. The zero-order chi connectivity index (χ0) is 24.1. The van der Waals surface area contributed by atoms with Gasteiger partial charge in [0.1, 0.15) is 0 Å². The second-order valence-corrected chi connectivity index (χ2v) is 8.19. The molecule has 0 aliphatic carbocycles. The number of ether oxygens (including phenoxy) is 2. The Morgan fingerprint density at radius 2 is 1.65 bits per heavy atom. The summed E-state index contributed by atoms with van der Waals surface area (Å²) >= 11 is 0. The van der Waals surface area contributed by atoms with Crippen molar-refractivity contribution in [3.63, 3.8) is 0 Å². The minimum Gasteiger partial charge on any atom is -0.493 e. The highest BCUT2D eigenvalue weighted by Gasteiger charge is 2.32. The summed E-state index contributed by atoms with van der Waals surface area (Å²) in [6, 6.07) is 20.0. The highest BCUT2D eigenvalue weighted by atomic mass is 16.5. The third-order valence-corrected chi connectivity index (χ3v) is 6.13. The number of hydrogen-bond donors (Lipinski definition) is 2. The van der Waals surface area contributed by atoms with E-state index in [0.29, 0.717) is 35.7 Å². The molecule has 0 bridgehead atoms. The lowest BCUT2D eigenvalue weighted by molar-refractivity contribution is 0.0936. The van der Waals surface area contributed by atoms with Crippen molar-refractivity contribution in [2.45, 2.75) is 19.4 Å². The Hall–Kier alpha value is -4.00. The van der Waals surface area contributed by atoms with Crippen LogP contribution >= 0.6 is 0 Å². The average Bonchev–Trinajstić information content (AvgIpc) is 2.86. The Bertz CT molecular complexity index is 1180. The van der Waals surface area contributed by atoms with E-state index in [1.165, 1.54) is 0 Å². The summed E-state index contributed by atoms with van der Waals surface area (Å²) in [5.74, 6) is 1.06. The monoisotopic (exact) mass is 459 g/mol. The molecule has 7 nitrogen and oxygen atoms in total. The van der Waals surface area contributed by atoms with Gasteiger partial charge in [0.2, 0.25) is 0 Å². The number of para-hydroxylation sites is 1. The number of nitrogens with one attached hydrogen (secondary N) is 2. The molecule has 176 valence electrons. The van der Waals surface area contributed by atoms with E-state index in [1.54, 1.807) is 25.2 Å². The van der Waals surface area contributed by atoms with Gasteiger partial charge in [0.15, 0.2) is 11.5 Å². The van der Waals surface area contributed by atoms with Gasteiger partial charge in [-0.2, -0.15) is 0 Å². The van der Waals surface area contributed by atoms with Crippen molar-refractivity contribution in [3.05, 3.63) is 89.0 Å². The molecular formula is C27H29N3O4. The van der Waals surface area contributed by atoms with Gasteiger partial charge >= 0.3 is 6.03 Å². The van der Waals surface area contributed by atoms with Gasteiger partial charge in [0, 0.05) is 24.3 Å². The molecule has 0 fully saturated rings. The average molecular weight is 460 g/mol. The zero-order valence-corrected chi connectivity index (χ0v) is 19.6. The maximum atomic E-state index is 13.3. The fourth-order valence-corrected chi connectivity index (χ4v) is 4.32. The number of benzene rings is 3. The Kier molecular flexibility index (Phi) is 7.01. The zero-order valence-electron chi connectivity index (χ0n) is 19.6. The van der Waals surface area contributed by atoms with Crippen molar-refractivity contribution >= 4 is 17.6 Å². The second-order valence-electron chi connectivity index (χ2n) is 8.19. The molecule has 1 atom stereocenters. The molecule has 0 spiro atoms. The smallest absolute Gasteiger partial charge is 0.322 e. The van der Waals surface area contributed by atoms with Gasteiger partial charge in [-0.3, -0.25) is 4.79 Å². The van der Waals surface area contributed by atoms with Gasteiger partial charge in [-0.1, -0.05) is 36.4 Å². The summed E-state index contributed by atoms with van der Waals surface area (Å²) in [5, 5.41) is 6.00. The van der Waals surface area contributed by atoms with Crippen molar-refractivity contribution in [1.29, 1.82) is 0 Å². The third kappa shape index (κ3) is 4.83. The van der Waals surface area contributed by atoms with Gasteiger partial charge in [0.25, 0.3) is 5.91 Å². The first-order chi connectivity index (χ1) is 16.5. The summed E-state index contributed by atoms with van der Waals surface area (Å²) in [4.78, 5) is 28.0. The number of fused-ring (bicyclic) bond motifs is 1. The minimum atomic E-state index is -0.375. The van der Waals surface area contributed by atoms with Gasteiger partial charge in [-0.15, -0.1) is 0 Å². The van der Waals surface area contributed by atoms with Crippen LogP contribution in [0.2, 0.25) is 0 Å². The number of carbonyl (C=O) groups is 2. The lowest BCUT2D eigenvalue weighted by atomic mass is 9.91. The van der Waals surface area contributed by atoms with Crippen LogP contribution in [0.1, 0.15) is 33.1 Å². The van der Waals surface area contributed by atoms with Crippen molar-refractivity contribution in [1.82, 2.24) is 10.2 Å². The topological polar surface area (TPSA) is 79.9 Å². The molecular weight excluding hydrogens is 430 g/mol. The van der Waals surface area contributed by atoms with Crippen molar-refractivity contribution in [2.24, 2.45) is 0 Å². The molecule has 2 N–H and O–H groups in total. The van der Waals surface area contributed by atoms with Crippen LogP contribution in [-0.2, 0) is 6.42 Å². The number of amides is 3. The molecule has 0 saturated carbocycles. The van der Waals surface area contributed by atoms with Gasteiger partial charge in [-0.05, 0) is 60.4 Å². The van der Waals surface area contributed by atoms with E-state index >= 15 is 0 Å². The number of hydrogen-bond acceptors (Lipinski definition) is 4. The Morgan fingerprint density at radius 3 is 2.35 bits per heavy atom. The normalized spacial score (nSPS) is 14.7. The van der Waals surface area contributed by atoms with Gasteiger partial charge in [-0.25, -0.2) is 4.79 Å². The van der Waals surface area contributed by atoms with Crippen molar-refractivity contribution < 1.29 is 19.1 Å². The predicted octanol–water partition coefficient (Wildman–Crippen LogP) is 4.57. The summed E-state index contributed by atoms with van der Waals surface area (Å²) in [6.07, 6.45) is 0.667. The van der Waals surface area contributed by atoms with Gasteiger partial charge < -0.3 is 25.0 Å². The first-order valence-corrected chi connectivity index (χ1v) is 11.2. The summed E-state index contributed by atoms with van der Waals surface area (Å²) in [6.45, 7) is 2.67. The SMILES string of the molecule is COc1cc2c(cc1OC)[C@H](CNC(=O)c1ccccc1C)N(C(=O)Nc1ccccc1)CC2. The number of anilines is 1. The predicted molar refractivity (Wildman–Crippen MR) is 132 cm³/mol. The third-order valence-electron chi connectivity index (χ3n) is 6.13. The number of nitrogens with zero attached hydrogens (tertiary/aromatic N) is 1. The molecule has 0 unspecified atom stereocenters. The van der Waals surface area contributed by atoms with E-state index in [4.69, 9.17) is 9.47 Å². The number of methoxy groups -OCH3 is 2. The maximum absolute atomic E-state index is 13.3. The highest BCUT2D eigenvalue weighted by Crippen LogP contribution is 2.38. The molecule has 7 heteroatoms. The summed E-state index contributed by atoms with van der Waals surface area (Å²) in [7, 11) is 3.19. The second kappa shape index (κ2) is 10.3. The van der Waals surface area contributed by atoms with Crippen LogP contribution in [0.5, 0.6) is 11.5 Å². The molecule has 4 rings (SSSR count). The van der Waals surface area contributed by atoms with Crippen LogP contribution in [0, 0.1) is 6.92 Å². The van der Waals surface area contributed by atoms with Crippen LogP contribution in [0.4, 0.5) is 10.5 Å². The molecule has 3 amide bonds. The number of carbonyl (C=O) groups excluding carboxylic acids is 2. The fraction of sp³-hybridized carbons (Fsp3) is 0.259. The molecule has 0 radical (unpaired) electrons. The maximum Gasteiger partial charge on any atom is 0.322 e. The number of aryl methyl sites for hydroxylation is 1. The van der Waals surface area contributed by atoms with E-state index in [1.807, 2.05) is 67.6 Å². The Morgan fingerprint density at radius 1 is 0.971 bits per heavy atom. The van der Waals surface area contributed by atoms with E-state index < -0.39 is 0 Å². The molecule has 1 aliphatic rings. The summed E-state index contributed by atoms with van der Waals surface area (Å²) < 4.78 is 11.0. The van der Waals surface area contributed by atoms with Crippen LogP contribution < -0.4 is 20.1 Å². The largest absolute Gasteiger partial charge is 0.493 e. The fourth-order valence-electron chi connectivity index (χ4n) is 4.32. The molecule has 3 aromatic rings. The number of rotatable bonds is 6. The van der Waals surface area contributed by atoms with Crippen LogP contribution in [-0.4, -0.2) is 44.1 Å². The molecule has 0 aromatic heterocycles. The first kappa shape index (κ1) is 23.2. The first-order valence-electron chi connectivity index (χ1n) is 11.2. The van der Waals surface area contributed by atoms with E-state index in [-0.39, 0.29) is 24.5 Å². The van der Waals surface area contributed by atoms with Gasteiger partial charge in [0.05, 0.1) is 20.3 Å². The minimum absolute atomic E-state index is 0.172. The quantitative estimate of drug-likeness (QED) is 0.566. The van der Waals surface area contributed by atoms with E-state index in [9.17, 15) is 9.59 Å². The van der Waals surface area contributed by atoms with Crippen LogP contribution in [0.15, 0.2) is 66.7 Å². The Balaban J connectivity index is 1.64. The molecule has 3 aromatic carbocycles. The lowest BCUT2D eigenvalue weighted by Gasteiger charge is -2.38. The van der Waals surface area contributed by atoms with E-state index in [0.717, 1.165) is 16.7 Å². The van der Waals surface area contributed by atoms with Crippen molar-refractivity contribution in [3.8, 4) is 11.5 Å². The van der Waals surface area contributed by atoms with Crippen LogP contribution in [0.25, 0.3) is 0 Å². The lowest BCUT2D eigenvalue weighted by Crippen LogP contribution is -2.47. The van der Waals surface area contributed by atoms with Crippen LogP contribution in [0.3, 0.4) is 0 Å². The molecule has 1 aliphatic heterocycles. The standard InChI is InChI=1S/C27H29N3O4/c1-18-9-7-8-12-21(18)26(31)28-17-23-22-16-25(34-3)24(33-2)15-19(22)13-14-30(23)27(32)29-20-10-5-4-6-11-20/h4-12,15-16,23H,13-14,17H2,1-3H3,(H,28,31)(H,29,32)/t23-/m0/s1. The highest BCUT2D eigenvalue weighted by molar-refractivity contribution is 5.95. The molecule has 34 heavy (non-hydrogen) atoms. The molecule has 0 saturated heterocycles. The summed E-state index contributed by atoms with van der Waals surface area (Å²) in [5.41, 5.74) is 4.22. The van der Waals surface area contributed by atoms with Crippen molar-refractivity contribution in [2.75, 3.05) is 32.6 Å². The Labute approximate surface area is 199 Å².